The minimum Gasteiger partial charge on any atom is -0.448 e. The Bertz CT molecular complexity index is 192. The summed E-state index contributed by atoms with van der Waals surface area (Å²) >= 11 is 0. The van der Waals surface area contributed by atoms with Crippen LogP contribution in [0.3, 0.4) is 0 Å². The predicted octanol–water partition coefficient (Wildman–Crippen LogP) is -1.51. The van der Waals surface area contributed by atoms with E-state index in [1.807, 2.05) is 6.92 Å². The molecular weight excluding hydrogens is 221 g/mol. The smallest absolute Gasteiger partial charge is 0.448 e. The van der Waals surface area contributed by atoms with E-state index in [0.29, 0.717) is 19.5 Å². The first kappa shape index (κ1) is 15.4. The van der Waals surface area contributed by atoms with Gasteiger partial charge in [-0.25, -0.2) is 0 Å². The Labute approximate surface area is 125 Å². The van der Waals surface area contributed by atoms with E-state index in [-0.39, 0.29) is 57.0 Å². The number of ether oxygens (including phenoxy) is 1. The quantitative estimate of drug-likeness (QED) is 0.551. The SMILES string of the molecule is COC1(C)CCN(C[B-](F)(F)F)C1.[K+]. The van der Waals surface area contributed by atoms with Gasteiger partial charge in [0.2, 0.25) is 0 Å². The average molecular weight is 235 g/mol. The first-order valence-corrected chi connectivity index (χ1v) is 4.33. The minimum atomic E-state index is -4.70. The molecule has 1 atom stereocenters. The van der Waals surface area contributed by atoms with Gasteiger partial charge < -0.3 is 22.6 Å². The molecule has 0 bridgehead atoms. The summed E-state index contributed by atoms with van der Waals surface area (Å²) in [4.78, 5) is 1.41. The second kappa shape index (κ2) is 5.65. The van der Waals surface area contributed by atoms with Crippen molar-refractivity contribution >= 4 is 6.98 Å². The molecule has 0 saturated carbocycles. The predicted molar refractivity (Wildman–Crippen MR) is 45.5 cm³/mol. The molecule has 7 heteroatoms. The van der Waals surface area contributed by atoms with Gasteiger partial charge >= 0.3 is 58.4 Å². The molecule has 1 aliphatic heterocycles. The van der Waals surface area contributed by atoms with Crippen molar-refractivity contribution in [1.82, 2.24) is 4.90 Å². The Morgan fingerprint density at radius 3 is 2.36 bits per heavy atom. The normalized spacial score (nSPS) is 28.9. The monoisotopic (exact) mass is 235 g/mol. The molecule has 1 aliphatic rings. The van der Waals surface area contributed by atoms with E-state index in [2.05, 4.69) is 0 Å². The van der Waals surface area contributed by atoms with Gasteiger partial charge in [-0.1, -0.05) is 0 Å². The summed E-state index contributed by atoms with van der Waals surface area (Å²) < 4.78 is 41.3. The zero-order valence-electron chi connectivity index (χ0n) is 8.90. The molecule has 0 spiro atoms. The number of rotatable bonds is 3. The number of hydrogen-bond donors (Lipinski definition) is 0. The van der Waals surface area contributed by atoms with Crippen molar-refractivity contribution < 1.29 is 69.1 Å². The Balaban J connectivity index is 0.00000169. The number of likely N-dealkylation sites (tertiary alicyclic amines) is 1. The van der Waals surface area contributed by atoms with Crippen LogP contribution in [-0.2, 0) is 4.74 Å². The molecule has 0 aliphatic carbocycles. The van der Waals surface area contributed by atoms with E-state index in [4.69, 9.17) is 4.74 Å². The fourth-order valence-corrected chi connectivity index (χ4v) is 1.64. The van der Waals surface area contributed by atoms with E-state index in [1.54, 1.807) is 7.11 Å². The van der Waals surface area contributed by atoms with Crippen LogP contribution in [0, 0.1) is 0 Å². The van der Waals surface area contributed by atoms with Crippen LogP contribution in [0.5, 0.6) is 0 Å². The zero-order valence-corrected chi connectivity index (χ0v) is 12.0. The third-order valence-electron chi connectivity index (χ3n) is 2.47. The second-order valence-electron chi connectivity index (χ2n) is 3.85. The average Bonchev–Trinajstić information content (AvgIpc) is 2.30. The van der Waals surface area contributed by atoms with Gasteiger partial charge in [0.05, 0.1) is 5.60 Å². The first-order chi connectivity index (χ1) is 5.85. The topological polar surface area (TPSA) is 12.5 Å². The molecular formula is C7H14BF3KNO. The summed E-state index contributed by atoms with van der Waals surface area (Å²) in [5, 5.41) is 0. The van der Waals surface area contributed by atoms with Crippen molar-refractivity contribution in [1.29, 1.82) is 0 Å². The second-order valence-corrected chi connectivity index (χ2v) is 3.85. The van der Waals surface area contributed by atoms with Gasteiger partial charge in [0, 0.05) is 13.7 Å². The minimum absolute atomic E-state index is 0. The molecule has 0 aromatic heterocycles. The number of methoxy groups -OCH3 is 1. The van der Waals surface area contributed by atoms with Gasteiger partial charge in [0.25, 0.3) is 0 Å². The summed E-state index contributed by atoms with van der Waals surface area (Å²) in [6.07, 6.45) is -0.0887. The fraction of sp³-hybridized carbons (Fsp3) is 1.00. The first-order valence-electron chi connectivity index (χ1n) is 4.33. The van der Waals surface area contributed by atoms with Crippen molar-refractivity contribution in [2.45, 2.75) is 18.9 Å². The van der Waals surface area contributed by atoms with Crippen LogP contribution in [0.1, 0.15) is 13.3 Å². The Morgan fingerprint density at radius 1 is 1.43 bits per heavy atom. The summed E-state index contributed by atoms with van der Waals surface area (Å²) in [5.41, 5.74) is -0.388. The number of halogens is 3. The molecule has 0 aromatic rings. The molecule has 1 rings (SSSR count). The molecule has 2 nitrogen and oxygen atoms in total. The van der Waals surface area contributed by atoms with Gasteiger partial charge in [0.15, 0.2) is 0 Å². The molecule has 0 N–H and O–H groups in total. The maximum Gasteiger partial charge on any atom is 1.00 e. The van der Waals surface area contributed by atoms with E-state index in [0.717, 1.165) is 0 Å². The fourth-order valence-electron chi connectivity index (χ4n) is 1.64. The molecule has 1 saturated heterocycles. The zero-order chi connectivity index (χ0) is 10.1. The molecule has 0 radical (unpaired) electrons. The molecule has 1 fully saturated rings. The van der Waals surface area contributed by atoms with Crippen molar-refractivity contribution in [2.24, 2.45) is 0 Å². The van der Waals surface area contributed by atoms with Crippen LogP contribution in [0.4, 0.5) is 12.9 Å². The third kappa shape index (κ3) is 4.96. The number of nitrogens with zero attached hydrogens (tertiary/aromatic N) is 1. The van der Waals surface area contributed by atoms with Crippen LogP contribution in [-0.4, -0.2) is 44.1 Å². The van der Waals surface area contributed by atoms with Gasteiger partial charge in [-0.3, -0.25) is 0 Å². The Hall–Kier alpha value is 1.41. The molecule has 78 valence electrons. The van der Waals surface area contributed by atoms with Gasteiger partial charge in [-0.05, 0) is 26.3 Å². The van der Waals surface area contributed by atoms with Crippen molar-refractivity contribution in [3.63, 3.8) is 0 Å². The summed E-state index contributed by atoms with van der Waals surface area (Å²) in [6, 6.07) is 0. The van der Waals surface area contributed by atoms with Gasteiger partial charge in [0.1, 0.15) is 0 Å². The van der Waals surface area contributed by atoms with E-state index >= 15 is 0 Å². The molecule has 1 unspecified atom stereocenters. The van der Waals surface area contributed by atoms with E-state index in [9.17, 15) is 12.9 Å². The van der Waals surface area contributed by atoms with Crippen molar-refractivity contribution in [3.8, 4) is 0 Å². The molecule has 14 heavy (non-hydrogen) atoms. The summed E-state index contributed by atoms with van der Waals surface area (Å²) in [7, 11) is 1.54. The Morgan fingerprint density at radius 2 is 2.00 bits per heavy atom. The standard InChI is InChI=1S/C7H14BF3NO.K/c1-7(13-2)3-4-12(5-7)6-8(9,10)11;/h3-6H2,1-2H3;/q-1;+1. The van der Waals surface area contributed by atoms with Crippen LogP contribution >= 0.6 is 0 Å². The number of hydrogen-bond acceptors (Lipinski definition) is 2. The van der Waals surface area contributed by atoms with Crippen molar-refractivity contribution in [2.75, 3.05) is 26.6 Å². The molecule has 1 heterocycles. The third-order valence-corrected chi connectivity index (χ3v) is 2.47. The van der Waals surface area contributed by atoms with E-state index in [1.165, 1.54) is 4.90 Å². The summed E-state index contributed by atoms with van der Waals surface area (Å²) in [6.45, 7) is -2.00. The maximum atomic E-state index is 12.0. The van der Waals surface area contributed by atoms with Crippen molar-refractivity contribution in [3.05, 3.63) is 0 Å². The van der Waals surface area contributed by atoms with E-state index < -0.39 is 13.4 Å². The van der Waals surface area contributed by atoms with Gasteiger partial charge in [-0.15, -0.1) is 0 Å². The maximum absolute atomic E-state index is 12.0. The Kier molecular flexibility index (Phi) is 6.22. The largest absolute Gasteiger partial charge is 1.00 e. The molecule has 0 amide bonds. The van der Waals surface area contributed by atoms with Crippen LogP contribution in [0.25, 0.3) is 0 Å². The van der Waals surface area contributed by atoms with Crippen LogP contribution in [0.2, 0.25) is 0 Å². The van der Waals surface area contributed by atoms with Gasteiger partial charge in [-0.2, -0.15) is 0 Å². The van der Waals surface area contributed by atoms with Crippen LogP contribution < -0.4 is 51.4 Å². The molecule has 0 aromatic carbocycles. The summed E-state index contributed by atoms with van der Waals surface area (Å²) in [5.74, 6) is 0. The van der Waals surface area contributed by atoms with Crippen LogP contribution in [0.15, 0.2) is 0 Å².